The summed E-state index contributed by atoms with van der Waals surface area (Å²) in [5, 5.41) is 12.7. The molecule has 0 atom stereocenters. The molecule has 8 heteroatoms. The van der Waals surface area contributed by atoms with Crippen LogP contribution in [-0.4, -0.2) is 35.5 Å². The Bertz CT molecular complexity index is 749. The SMILES string of the molecule is CS(=O)(=O)c1cnn(-c2ccc(C(=O)O)cc2N)c1. The lowest BCUT2D eigenvalue weighted by molar-refractivity contribution is 0.0697. The van der Waals surface area contributed by atoms with Gasteiger partial charge in [-0.25, -0.2) is 17.9 Å². The molecule has 2 aromatic rings. The van der Waals surface area contributed by atoms with E-state index in [0.29, 0.717) is 5.69 Å². The lowest BCUT2D eigenvalue weighted by Gasteiger charge is -2.06. The third kappa shape index (κ3) is 2.58. The molecule has 19 heavy (non-hydrogen) atoms. The number of benzene rings is 1. The summed E-state index contributed by atoms with van der Waals surface area (Å²) in [6, 6.07) is 4.13. The fraction of sp³-hybridized carbons (Fsp3) is 0.0909. The summed E-state index contributed by atoms with van der Waals surface area (Å²) in [4.78, 5) is 10.8. The number of carbonyl (C=O) groups is 1. The number of rotatable bonds is 3. The van der Waals surface area contributed by atoms with Crippen molar-refractivity contribution in [3.05, 3.63) is 36.2 Å². The van der Waals surface area contributed by atoms with Crippen molar-refractivity contribution in [2.45, 2.75) is 4.90 Å². The van der Waals surface area contributed by atoms with Gasteiger partial charge >= 0.3 is 5.97 Å². The number of hydrogen-bond acceptors (Lipinski definition) is 5. The van der Waals surface area contributed by atoms with Crippen molar-refractivity contribution in [3.63, 3.8) is 0 Å². The van der Waals surface area contributed by atoms with Crippen molar-refractivity contribution in [1.29, 1.82) is 0 Å². The summed E-state index contributed by atoms with van der Waals surface area (Å²) in [5.74, 6) is -1.09. The second-order valence-electron chi connectivity index (χ2n) is 3.97. The molecule has 0 bridgehead atoms. The highest BCUT2D eigenvalue weighted by atomic mass is 32.2. The van der Waals surface area contributed by atoms with E-state index in [0.717, 1.165) is 6.26 Å². The number of aromatic nitrogens is 2. The van der Waals surface area contributed by atoms with E-state index in [-0.39, 0.29) is 16.1 Å². The normalized spacial score (nSPS) is 11.4. The molecular weight excluding hydrogens is 270 g/mol. The molecule has 0 spiro atoms. The number of carboxylic acid groups (broad SMARTS) is 1. The Morgan fingerprint density at radius 3 is 2.58 bits per heavy atom. The first-order chi connectivity index (χ1) is 8.79. The third-order valence-electron chi connectivity index (χ3n) is 2.51. The van der Waals surface area contributed by atoms with E-state index in [4.69, 9.17) is 10.8 Å². The average molecular weight is 281 g/mol. The number of aromatic carboxylic acids is 1. The Balaban J connectivity index is 2.48. The Kier molecular flexibility index (Phi) is 3.03. The van der Waals surface area contributed by atoms with Crippen LogP contribution in [0.25, 0.3) is 5.69 Å². The average Bonchev–Trinajstić information content (AvgIpc) is 2.77. The molecule has 0 amide bonds. The Hall–Kier alpha value is -2.35. The Labute approximate surface area is 109 Å². The van der Waals surface area contributed by atoms with Gasteiger partial charge in [-0.05, 0) is 18.2 Å². The molecule has 7 nitrogen and oxygen atoms in total. The molecule has 0 saturated heterocycles. The number of nitrogen functional groups attached to an aromatic ring is 1. The van der Waals surface area contributed by atoms with E-state index >= 15 is 0 Å². The summed E-state index contributed by atoms with van der Waals surface area (Å²) in [5.41, 5.74) is 6.40. The highest BCUT2D eigenvalue weighted by Crippen LogP contribution is 2.20. The van der Waals surface area contributed by atoms with Crippen LogP contribution in [0.5, 0.6) is 0 Å². The van der Waals surface area contributed by atoms with Gasteiger partial charge in [0.25, 0.3) is 0 Å². The van der Waals surface area contributed by atoms with Gasteiger partial charge in [0.1, 0.15) is 4.90 Å². The zero-order chi connectivity index (χ0) is 14.2. The zero-order valence-corrected chi connectivity index (χ0v) is 10.8. The fourth-order valence-corrected chi connectivity index (χ4v) is 2.06. The van der Waals surface area contributed by atoms with Crippen LogP contribution >= 0.6 is 0 Å². The van der Waals surface area contributed by atoms with Gasteiger partial charge in [-0.3, -0.25) is 0 Å². The molecule has 1 aromatic heterocycles. The molecule has 1 heterocycles. The number of nitrogens with two attached hydrogens (primary N) is 1. The standard InChI is InChI=1S/C11H11N3O4S/c1-19(17,18)8-5-13-14(6-8)10-3-2-7(11(15)16)4-9(10)12/h2-6H,12H2,1H3,(H,15,16). The maximum absolute atomic E-state index is 11.3. The van der Waals surface area contributed by atoms with Crippen molar-refractivity contribution in [2.24, 2.45) is 0 Å². The van der Waals surface area contributed by atoms with Gasteiger partial charge in [-0.2, -0.15) is 5.10 Å². The molecule has 100 valence electrons. The highest BCUT2D eigenvalue weighted by Gasteiger charge is 2.13. The van der Waals surface area contributed by atoms with Gasteiger partial charge in [0.2, 0.25) is 0 Å². The second kappa shape index (κ2) is 4.39. The number of sulfone groups is 1. The summed E-state index contributed by atoms with van der Waals surface area (Å²) < 4.78 is 24.0. The molecule has 3 N–H and O–H groups in total. The molecule has 0 saturated carbocycles. The van der Waals surface area contributed by atoms with Gasteiger partial charge in [0, 0.05) is 12.5 Å². The molecule has 0 fully saturated rings. The molecule has 2 rings (SSSR count). The highest BCUT2D eigenvalue weighted by molar-refractivity contribution is 7.90. The predicted octanol–water partition coefficient (Wildman–Crippen LogP) is 0.556. The summed E-state index contributed by atoms with van der Waals surface area (Å²) in [6.45, 7) is 0. The van der Waals surface area contributed by atoms with Crippen molar-refractivity contribution < 1.29 is 18.3 Å². The molecule has 0 aliphatic rings. The smallest absolute Gasteiger partial charge is 0.335 e. The summed E-state index contributed by atoms with van der Waals surface area (Å²) in [6.07, 6.45) is 3.60. The van der Waals surface area contributed by atoms with Crippen molar-refractivity contribution in [1.82, 2.24) is 9.78 Å². The van der Waals surface area contributed by atoms with Gasteiger partial charge in [0.05, 0.1) is 23.1 Å². The van der Waals surface area contributed by atoms with E-state index in [1.165, 1.54) is 35.3 Å². The number of carboxylic acids is 1. The Morgan fingerprint density at radius 1 is 1.42 bits per heavy atom. The maximum Gasteiger partial charge on any atom is 0.335 e. The lowest BCUT2D eigenvalue weighted by Crippen LogP contribution is -2.04. The van der Waals surface area contributed by atoms with Crippen LogP contribution in [0.1, 0.15) is 10.4 Å². The van der Waals surface area contributed by atoms with Crippen molar-refractivity contribution in [3.8, 4) is 5.69 Å². The van der Waals surface area contributed by atoms with Crippen LogP contribution in [0, 0.1) is 0 Å². The molecule has 0 radical (unpaired) electrons. The topological polar surface area (TPSA) is 115 Å². The number of nitrogens with zero attached hydrogens (tertiary/aromatic N) is 2. The van der Waals surface area contributed by atoms with E-state index in [1.807, 2.05) is 0 Å². The molecule has 0 aliphatic carbocycles. The van der Waals surface area contributed by atoms with Crippen LogP contribution < -0.4 is 5.73 Å². The van der Waals surface area contributed by atoms with Crippen LogP contribution in [0.2, 0.25) is 0 Å². The zero-order valence-electron chi connectivity index (χ0n) is 9.94. The quantitative estimate of drug-likeness (QED) is 0.794. The van der Waals surface area contributed by atoms with Crippen molar-refractivity contribution >= 4 is 21.5 Å². The van der Waals surface area contributed by atoms with Crippen LogP contribution in [-0.2, 0) is 9.84 Å². The summed E-state index contributed by atoms with van der Waals surface area (Å²) in [7, 11) is -3.34. The van der Waals surface area contributed by atoms with Crippen LogP contribution in [0.3, 0.4) is 0 Å². The third-order valence-corrected chi connectivity index (χ3v) is 3.58. The monoisotopic (exact) mass is 281 g/mol. The van der Waals surface area contributed by atoms with Crippen molar-refractivity contribution in [2.75, 3.05) is 12.0 Å². The van der Waals surface area contributed by atoms with Gasteiger partial charge in [-0.15, -0.1) is 0 Å². The molecule has 1 aromatic carbocycles. The van der Waals surface area contributed by atoms with Gasteiger partial charge in [0.15, 0.2) is 9.84 Å². The first-order valence-electron chi connectivity index (χ1n) is 5.17. The molecular formula is C11H11N3O4S. The van der Waals surface area contributed by atoms with Gasteiger partial charge in [-0.1, -0.05) is 0 Å². The maximum atomic E-state index is 11.3. The molecule has 0 aliphatic heterocycles. The predicted molar refractivity (Wildman–Crippen MR) is 68.0 cm³/mol. The number of anilines is 1. The lowest BCUT2D eigenvalue weighted by atomic mass is 10.2. The first-order valence-corrected chi connectivity index (χ1v) is 7.06. The number of hydrogen-bond donors (Lipinski definition) is 2. The van der Waals surface area contributed by atoms with E-state index in [2.05, 4.69) is 5.10 Å². The molecule has 0 unspecified atom stereocenters. The Morgan fingerprint density at radius 2 is 2.11 bits per heavy atom. The van der Waals surface area contributed by atoms with Gasteiger partial charge < -0.3 is 10.8 Å². The first kappa shape index (κ1) is 13.1. The van der Waals surface area contributed by atoms with Crippen LogP contribution in [0.4, 0.5) is 5.69 Å². The fourth-order valence-electron chi connectivity index (χ4n) is 1.53. The van der Waals surface area contributed by atoms with E-state index in [1.54, 1.807) is 0 Å². The summed E-state index contributed by atoms with van der Waals surface area (Å²) >= 11 is 0. The van der Waals surface area contributed by atoms with E-state index in [9.17, 15) is 13.2 Å². The largest absolute Gasteiger partial charge is 0.478 e. The second-order valence-corrected chi connectivity index (χ2v) is 5.99. The minimum Gasteiger partial charge on any atom is -0.478 e. The van der Waals surface area contributed by atoms with Crippen LogP contribution in [0.15, 0.2) is 35.5 Å². The van der Waals surface area contributed by atoms with E-state index < -0.39 is 15.8 Å². The minimum absolute atomic E-state index is 0.0525. The minimum atomic E-state index is -3.34.